The van der Waals surface area contributed by atoms with Crippen molar-refractivity contribution in [3.8, 4) is 17.2 Å². The molecule has 0 spiro atoms. The minimum atomic E-state index is -0.695. The molecular formula is C22H25N3O7. The van der Waals surface area contributed by atoms with Crippen LogP contribution in [0, 0.1) is 10.1 Å². The molecule has 0 saturated carbocycles. The van der Waals surface area contributed by atoms with E-state index >= 15 is 0 Å². The number of carbonyl (C=O) groups is 2. The first kappa shape index (κ1) is 24.3. The highest BCUT2D eigenvalue weighted by Crippen LogP contribution is 2.39. The number of hydrogen-bond donors (Lipinski definition) is 1. The highest BCUT2D eigenvalue weighted by molar-refractivity contribution is 5.90. The number of esters is 1. The van der Waals surface area contributed by atoms with Crippen molar-refractivity contribution >= 4 is 23.8 Å². The van der Waals surface area contributed by atoms with Gasteiger partial charge in [-0.15, -0.1) is 0 Å². The molecule has 0 radical (unpaired) electrons. The van der Waals surface area contributed by atoms with Gasteiger partial charge in [-0.3, -0.25) is 19.7 Å². The number of carbonyl (C=O) groups excluding carboxylic acids is 2. The van der Waals surface area contributed by atoms with Gasteiger partial charge >= 0.3 is 11.7 Å². The zero-order valence-corrected chi connectivity index (χ0v) is 18.5. The Morgan fingerprint density at radius 1 is 1.16 bits per heavy atom. The predicted octanol–water partition coefficient (Wildman–Crippen LogP) is 3.36. The molecule has 1 N–H and O–H groups in total. The largest absolute Gasteiger partial charge is 0.488 e. The van der Waals surface area contributed by atoms with E-state index in [0.717, 1.165) is 18.7 Å². The van der Waals surface area contributed by atoms with E-state index in [9.17, 15) is 19.7 Å². The smallest absolute Gasteiger partial charge is 0.323 e. The number of methoxy groups -OCH3 is 1. The highest BCUT2D eigenvalue weighted by atomic mass is 16.6. The minimum Gasteiger partial charge on any atom is -0.488 e. The van der Waals surface area contributed by atoms with Crippen molar-refractivity contribution in [1.29, 1.82) is 0 Å². The molecule has 0 bridgehead atoms. The van der Waals surface area contributed by atoms with E-state index in [4.69, 9.17) is 14.2 Å². The molecule has 32 heavy (non-hydrogen) atoms. The van der Waals surface area contributed by atoms with Crippen molar-refractivity contribution in [3.63, 3.8) is 0 Å². The maximum atomic E-state index is 12.0. The van der Waals surface area contributed by atoms with E-state index in [2.05, 4.69) is 31.3 Å². The molecule has 0 aliphatic carbocycles. The second kappa shape index (κ2) is 10.4. The van der Waals surface area contributed by atoms with Gasteiger partial charge in [-0.1, -0.05) is 32.9 Å². The summed E-state index contributed by atoms with van der Waals surface area (Å²) in [5, 5.41) is 15.2. The molecule has 2 aromatic carbocycles. The molecule has 0 unspecified atom stereocenters. The van der Waals surface area contributed by atoms with E-state index in [0.29, 0.717) is 5.75 Å². The summed E-state index contributed by atoms with van der Waals surface area (Å²) in [6.45, 7) is 7.16. The third kappa shape index (κ3) is 6.53. The van der Waals surface area contributed by atoms with Crippen LogP contribution in [0.25, 0.3) is 0 Å². The molecule has 1 amide bonds. The van der Waals surface area contributed by atoms with E-state index in [1.54, 1.807) is 12.1 Å². The second-order valence-electron chi connectivity index (χ2n) is 7.74. The molecule has 2 aromatic rings. The van der Waals surface area contributed by atoms with Gasteiger partial charge in [-0.2, -0.15) is 5.10 Å². The van der Waals surface area contributed by atoms with Gasteiger partial charge in [-0.05, 0) is 35.2 Å². The van der Waals surface area contributed by atoms with Crippen molar-refractivity contribution in [2.45, 2.75) is 33.1 Å². The fourth-order valence-corrected chi connectivity index (χ4v) is 2.70. The van der Waals surface area contributed by atoms with Crippen LogP contribution in [-0.2, 0) is 15.0 Å². The maximum Gasteiger partial charge on any atom is 0.323 e. The van der Waals surface area contributed by atoms with Crippen LogP contribution >= 0.6 is 0 Å². The summed E-state index contributed by atoms with van der Waals surface area (Å²) in [6, 6.07) is 10.1. The monoisotopic (exact) mass is 443 g/mol. The molecule has 0 saturated heterocycles. The summed E-state index contributed by atoms with van der Waals surface area (Å²) in [5.41, 5.74) is 2.97. The zero-order chi connectivity index (χ0) is 23.9. The van der Waals surface area contributed by atoms with E-state index in [1.165, 1.54) is 19.2 Å². The summed E-state index contributed by atoms with van der Waals surface area (Å²) >= 11 is 0. The fraction of sp³-hybridized carbons (Fsp3) is 0.318. The van der Waals surface area contributed by atoms with E-state index < -0.39 is 22.5 Å². The first-order valence-electron chi connectivity index (χ1n) is 9.62. The summed E-state index contributed by atoms with van der Waals surface area (Å²) in [6.07, 6.45) is 1.09. The molecule has 170 valence electrons. The van der Waals surface area contributed by atoms with E-state index in [1.807, 2.05) is 12.1 Å². The quantitative estimate of drug-likeness (QED) is 0.218. The minimum absolute atomic E-state index is 0.00626. The average Bonchev–Trinajstić information content (AvgIpc) is 2.71. The lowest BCUT2D eigenvalue weighted by molar-refractivity contribution is -0.385. The Kier molecular flexibility index (Phi) is 7.89. The van der Waals surface area contributed by atoms with Gasteiger partial charge in [0, 0.05) is 6.92 Å². The van der Waals surface area contributed by atoms with Crippen molar-refractivity contribution in [3.05, 3.63) is 57.6 Å². The van der Waals surface area contributed by atoms with Gasteiger partial charge in [0.1, 0.15) is 5.75 Å². The van der Waals surface area contributed by atoms with Gasteiger partial charge in [0.05, 0.1) is 23.8 Å². The number of nitrogens with zero attached hydrogens (tertiary/aromatic N) is 2. The number of nitrogens with one attached hydrogen (secondary N) is 1. The number of nitro groups is 1. The predicted molar refractivity (Wildman–Crippen MR) is 117 cm³/mol. The van der Waals surface area contributed by atoms with Crippen LogP contribution in [0.15, 0.2) is 41.5 Å². The topological polar surface area (TPSA) is 129 Å². The van der Waals surface area contributed by atoms with Crippen LogP contribution in [0.4, 0.5) is 5.69 Å². The third-order valence-corrected chi connectivity index (χ3v) is 4.25. The lowest BCUT2D eigenvalue weighted by atomic mass is 9.87. The van der Waals surface area contributed by atoms with Crippen LogP contribution in [-0.4, -0.2) is 36.7 Å². The number of hydrazone groups is 1. The molecule has 0 aromatic heterocycles. The number of benzene rings is 2. The Labute approximate surface area is 185 Å². The molecule has 0 atom stereocenters. The van der Waals surface area contributed by atoms with Crippen LogP contribution in [0.1, 0.15) is 38.8 Å². The average molecular weight is 443 g/mol. The molecule has 2 rings (SSSR count). The van der Waals surface area contributed by atoms with Crippen LogP contribution in [0.5, 0.6) is 17.2 Å². The van der Waals surface area contributed by atoms with Crippen molar-refractivity contribution in [2.24, 2.45) is 5.10 Å². The van der Waals surface area contributed by atoms with Gasteiger partial charge < -0.3 is 14.2 Å². The molecule has 0 fully saturated rings. The number of amides is 1. The molecule has 0 aliphatic heterocycles. The lowest BCUT2D eigenvalue weighted by Crippen LogP contribution is -2.24. The molecular weight excluding hydrogens is 418 g/mol. The highest BCUT2D eigenvalue weighted by Gasteiger charge is 2.25. The standard InChI is InChI=1S/C22H25N3O7/c1-14(26)32-18-11-6-15(20(25(28)29)21(18)30-5)12-23-24-19(27)13-31-17-9-7-16(8-10-17)22(2,3)4/h6-12H,13H2,1-5H3,(H,24,27)/b23-12+. The van der Waals surface area contributed by atoms with Crippen molar-refractivity contribution < 1.29 is 28.7 Å². The summed E-state index contributed by atoms with van der Waals surface area (Å²) in [5.74, 6) is -1.01. The first-order valence-corrected chi connectivity index (χ1v) is 9.62. The number of ether oxygens (including phenoxy) is 3. The van der Waals surface area contributed by atoms with Crippen molar-refractivity contribution in [1.82, 2.24) is 5.43 Å². The Balaban J connectivity index is 2.04. The summed E-state index contributed by atoms with van der Waals surface area (Å²) in [4.78, 5) is 34.0. The maximum absolute atomic E-state index is 12.0. The summed E-state index contributed by atoms with van der Waals surface area (Å²) < 4.78 is 15.4. The van der Waals surface area contributed by atoms with Crippen LogP contribution in [0.3, 0.4) is 0 Å². The Morgan fingerprint density at radius 3 is 2.34 bits per heavy atom. The Bertz CT molecular complexity index is 1030. The van der Waals surface area contributed by atoms with Crippen molar-refractivity contribution in [2.75, 3.05) is 13.7 Å². The number of hydrogen-bond acceptors (Lipinski definition) is 8. The Morgan fingerprint density at radius 2 is 1.81 bits per heavy atom. The van der Waals surface area contributed by atoms with Gasteiger partial charge in [-0.25, -0.2) is 5.43 Å². The Hall–Kier alpha value is -3.95. The SMILES string of the molecule is COc1c(OC(C)=O)ccc(/C=N/NC(=O)COc2ccc(C(C)(C)C)cc2)c1[N+](=O)[O-]. The zero-order valence-electron chi connectivity index (χ0n) is 18.5. The molecule has 10 heteroatoms. The fourth-order valence-electron chi connectivity index (χ4n) is 2.70. The number of rotatable bonds is 8. The van der Waals surface area contributed by atoms with Gasteiger partial charge in [0.2, 0.25) is 5.75 Å². The normalized spacial score (nSPS) is 11.2. The summed E-state index contributed by atoms with van der Waals surface area (Å²) in [7, 11) is 1.21. The number of nitro benzene ring substituents is 1. The van der Waals surface area contributed by atoms with Gasteiger partial charge in [0.15, 0.2) is 12.4 Å². The lowest BCUT2D eigenvalue weighted by Gasteiger charge is -2.19. The molecule has 10 nitrogen and oxygen atoms in total. The van der Waals surface area contributed by atoms with E-state index in [-0.39, 0.29) is 29.1 Å². The van der Waals surface area contributed by atoms with Crippen LogP contribution in [0.2, 0.25) is 0 Å². The molecule has 0 heterocycles. The first-order chi connectivity index (χ1) is 15.0. The third-order valence-electron chi connectivity index (χ3n) is 4.25. The van der Waals surface area contributed by atoms with Gasteiger partial charge in [0.25, 0.3) is 5.91 Å². The second-order valence-corrected chi connectivity index (χ2v) is 7.74. The van der Waals surface area contributed by atoms with Crippen LogP contribution < -0.4 is 19.6 Å². The molecule has 0 aliphatic rings.